The van der Waals surface area contributed by atoms with Gasteiger partial charge < -0.3 is 5.73 Å². The van der Waals surface area contributed by atoms with Crippen LogP contribution < -0.4 is 10.9 Å². The lowest BCUT2D eigenvalue weighted by atomic mass is 10.3. The van der Waals surface area contributed by atoms with Gasteiger partial charge in [0.15, 0.2) is 0 Å². The molecule has 0 saturated heterocycles. The first-order valence-electron chi connectivity index (χ1n) is 2.95. The fraction of sp³-hybridized carbons (Fsp3) is 0. The number of halogens is 1. The maximum atomic E-state index is 10.8. The number of nitrogens with one attached hydrogen (secondary N) is 1. The Morgan fingerprint density at radius 3 is 2.42 bits per heavy atom. The fourth-order valence-corrected chi connectivity index (χ4v) is 1.79. The highest BCUT2D eigenvalue weighted by Gasteiger charge is 2.12. The van der Waals surface area contributed by atoms with Crippen LogP contribution in [0.15, 0.2) is 23.1 Å². The van der Waals surface area contributed by atoms with Gasteiger partial charge in [0.05, 0.1) is 10.7 Å². The third-order valence-electron chi connectivity index (χ3n) is 1.24. The van der Waals surface area contributed by atoms with E-state index >= 15 is 0 Å². The molecule has 0 fully saturated rings. The van der Waals surface area contributed by atoms with Gasteiger partial charge >= 0.3 is 0 Å². The van der Waals surface area contributed by atoms with E-state index in [-0.39, 0.29) is 15.6 Å². The van der Waals surface area contributed by atoms with Gasteiger partial charge in [-0.1, -0.05) is 11.6 Å². The molecule has 1 aromatic rings. The average molecular weight is 206 g/mol. The highest BCUT2D eigenvalue weighted by atomic mass is 35.5. The summed E-state index contributed by atoms with van der Waals surface area (Å²) in [6.07, 6.45) is 0. The second kappa shape index (κ2) is 2.93. The van der Waals surface area contributed by atoms with Gasteiger partial charge in [0.25, 0.3) is 0 Å². The van der Waals surface area contributed by atoms with Gasteiger partial charge in [-0.15, -0.1) is 0 Å². The topological polar surface area (TPSA) is 84.0 Å². The maximum absolute atomic E-state index is 10.8. The van der Waals surface area contributed by atoms with Crippen LogP contribution in [0.25, 0.3) is 0 Å². The molecular weight excluding hydrogens is 200 g/mol. The number of primary sulfonamides is 1. The Morgan fingerprint density at radius 1 is 1.42 bits per heavy atom. The summed E-state index contributed by atoms with van der Waals surface area (Å²) in [4.78, 5) is -0.211. The van der Waals surface area contributed by atoms with E-state index in [4.69, 9.17) is 22.5 Å². The zero-order chi connectivity index (χ0) is 9.35. The van der Waals surface area contributed by atoms with E-state index in [1.54, 1.807) is 0 Å². The van der Waals surface area contributed by atoms with Crippen LogP contribution in [0.5, 0.6) is 0 Å². The zero-order valence-corrected chi connectivity index (χ0v) is 7.48. The van der Waals surface area contributed by atoms with Gasteiger partial charge in [-0.3, -0.25) is 0 Å². The molecule has 0 aliphatic carbocycles. The van der Waals surface area contributed by atoms with Crippen LogP contribution in [0.3, 0.4) is 0 Å². The predicted octanol–water partition coefficient (Wildman–Crippen LogP) is 0.902. The van der Waals surface area contributed by atoms with E-state index < -0.39 is 10.0 Å². The molecule has 3 N–H and O–H groups in total. The summed E-state index contributed by atoms with van der Waals surface area (Å²) >= 11 is 5.54. The predicted molar refractivity (Wildman–Crippen MR) is 45.6 cm³/mol. The molecule has 65 valence electrons. The molecule has 0 bridgehead atoms. The molecule has 0 unspecified atom stereocenters. The van der Waals surface area contributed by atoms with Gasteiger partial charge in [-0.25, -0.2) is 13.6 Å². The fourth-order valence-electron chi connectivity index (χ4n) is 0.721. The van der Waals surface area contributed by atoms with Gasteiger partial charge in [0.1, 0.15) is 4.90 Å². The second-order valence-corrected chi connectivity index (χ2v) is 4.13. The first-order valence-corrected chi connectivity index (χ1v) is 4.87. The summed E-state index contributed by atoms with van der Waals surface area (Å²) in [6, 6.07) is 3.82. The van der Waals surface area contributed by atoms with E-state index in [1.165, 1.54) is 12.1 Å². The third-order valence-corrected chi connectivity index (χ3v) is 2.63. The highest BCUT2D eigenvalue weighted by Crippen LogP contribution is 2.22. The Hall–Kier alpha value is -0.780. The number of sulfonamides is 1. The Morgan fingerprint density at radius 2 is 2.00 bits per heavy atom. The third kappa shape index (κ3) is 1.88. The Kier molecular flexibility index (Phi) is 2.27. The number of benzene rings is 1. The number of hydrogen-bond acceptors (Lipinski definition) is 2. The molecule has 6 heteroatoms. The molecule has 0 spiro atoms. The first kappa shape index (κ1) is 9.31. The molecule has 4 nitrogen and oxygen atoms in total. The summed E-state index contributed by atoms with van der Waals surface area (Å²) in [6.45, 7) is 0. The lowest BCUT2D eigenvalue weighted by Crippen LogP contribution is -2.12. The number of nitrogens with two attached hydrogens (primary N) is 1. The van der Waals surface area contributed by atoms with Crippen molar-refractivity contribution >= 4 is 27.3 Å². The Bertz CT molecular complexity index is 402. The van der Waals surface area contributed by atoms with Crippen molar-refractivity contribution in [2.24, 2.45) is 5.14 Å². The van der Waals surface area contributed by atoms with Gasteiger partial charge in [-0.05, 0) is 18.2 Å². The quantitative estimate of drug-likeness (QED) is 0.739. The van der Waals surface area contributed by atoms with E-state index in [2.05, 4.69) is 0 Å². The Labute approximate surface area is 75.2 Å². The van der Waals surface area contributed by atoms with Gasteiger partial charge in [0.2, 0.25) is 10.0 Å². The van der Waals surface area contributed by atoms with Crippen molar-refractivity contribution in [3.8, 4) is 0 Å². The molecular formula is C6H6ClN2O2S. The summed E-state index contributed by atoms with van der Waals surface area (Å²) < 4.78 is 21.6. The number of hydrogen-bond donors (Lipinski definition) is 1. The SMILES string of the molecule is [NH]c1ccc(Cl)c(S(N)(=O)=O)c1. The lowest BCUT2D eigenvalue weighted by molar-refractivity contribution is 0.598. The van der Waals surface area contributed by atoms with Crippen LogP contribution in [-0.2, 0) is 10.0 Å². The second-order valence-electron chi connectivity index (χ2n) is 2.19. The smallest absolute Gasteiger partial charge is 0.239 e. The van der Waals surface area contributed by atoms with Crippen LogP contribution in [0.4, 0.5) is 5.69 Å². The minimum absolute atomic E-state index is 0.0356. The number of rotatable bonds is 1. The molecule has 0 heterocycles. The largest absolute Gasteiger partial charge is 0.301 e. The molecule has 12 heavy (non-hydrogen) atoms. The van der Waals surface area contributed by atoms with Crippen LogP contribution in [-0.4, -0.2) is 8.42 Å². The molecule has 0 aromatic heterocycles. The normalized spacial score (nSPS) is 11.5. The van der Waals surface area contributed by atoms with Crippen molar-refractivity contribution in [3.63, 3.8) is 0 Å². The summed E-state index contributed by atoms with van der Waals surface area (Å²) in [5.74, 6) is 0. The van der Waals surface area contributed by atoms with Crippen LogP contribution in [0.1, 0.15) is 0 Å². The van der Waals surface area contributed by atoms with Crippen molar-refractivity contribution in [2.45, 2.75) is 4.90 Å². The summed E-state index contributed by atoms with van der Waals surface area (Å²) in [7, 11) is -3.81. The van der Waals surface area contributed by atoms with E-state index in [1.807, 2.05) is 0 Å². The van der Waals surface area contributed by atoms with Crippen molar-refractivity contribution in [1.82, 2.24) is 5.73 Å². The maximum Gasteiger partial charge on any atom is 0.239 e. The first-order chi connectivity index (χ1) is 5.41. The van der Waals surface area contributed by atoms with Gasteiger partial charge in [0, 0.05) is 0 Å². The molecule has 1 rings (SSSR count). The average Bonchev–Trinajstić information content (AvgIpc) is 1.92. The molecule has 0 aliphatic rings. The molecule has 0 atom stereocenters. The molecule has 1 aromatic carbocycles. The van der Waals surface area contributed by atoms with Crippen molar-refractivity contribution in [1.29, 1.82) is 0 Å². The van der Waals surface area contributed by atoms with Crippen LogP contribution in [0.2, 0.25) is 5.02 Å². The van der Waals surface area contributed by atoms with Crippen LogP contribution >= 0.6 is 11.6 Å². The minimum Gasteiger partial charge on any atom is -0.301 e. The molecule has 0 saturated carbocycles. The van der Waals surface area contributed by atoms with E-state index in [9.17, 15) is 8.42 Å². The standard InChI is InChI=1S/C6H6ClN2O2S/c7-5-2-1-4(8)3-6(5)12(9,10)11/h1-3,8H,(H2,9,10,11). The minimum atomic E-state index is -3.81. The summed E-state index contributed by atoms with van der Waals surface area (Å²) in [5.41, 5.74) is 7.19. The van der Waals surface area contributed by atoms with Crippen LogP contribution in [0, 0.1) is 0 Å². The Balaban J connectivity index is 3.43. The molecule has 1 radical (unpaired) electrons. The summed E-state index contributed by atoms with van der Waals surface area (Å²) in [5, 5.41) is 4.87. The van der Waals surface area contributed by atoms with E-state index in [0.717, 1.165) is 6.07 Å². The van der Waals surface area contributed by atoms with Crippen molar-refractivity contribution in [3.05, 3.63) is 23.2 Å². The highest BCUT2D eigenvalue weighted by molar-refractivity contribution is 7.89. The van der Waals surface area contributed by atoms with Crippen molar-refractivity contribution < 1.29 is 8.42 Å². The van der Waals surface area contributed by atoms with Gasteiger partial charge in [-0.2, -0.15) is 0 Å². The van der Waals surface area contributed by atoms with Crippen molar-refractivity contribution in [2.75, 3.05) is 0 Å². The van der Waals surface area contributed by atoms with E-state index in [0.29, 0.717) is 0 Å². The molecule has 0 aliphatic heterocycles. The zero-order valence-electron chi connectivity index (χ0n) is 5.91. The molecule has 0 amide bonds. The monoisotopic (exact) mass is 205 g/mol. The lowest BCUT2D eigenvalue weighted by Gasteiger charge is -2.00.